The molecule has 5 heteroatoms. The monoisotopic (exact) mass is 322 g/mol. The second-order valence-electron chi connectivity index (χ2n) is 5.58. The van der Waals surface area contributed by atoms with Crippen LogP contribution in [0.5, 0.6) is 5.75 Å². The quantitative estimate of drug-likeness (QED) is 0.916. The average Bonchev–Trinajstić information content (AvgIpc) is 3.14. The molecule has 1 heterocycles. The van der Waals surface area contributed by atoms with Crippen LogP contribution in [0.15, 0.2) is 48.5 Å². The van der Waals surface area contributed by atoms with Crippen LogP contribution in [0.3, 0.4) is 0 Å². The maximum atomic E-state index is 12.3. The summed E-state index contributed by atoms with van der Waals surface area (Å²) in [6.45, 7) is 1.33. The number of benzene rings is 2. The van der Waals surface area contributed by atoms with E-state index in [1.165, 1.54) is 0 Å². The van der Waals surface area contributed by atoms with Gasteiger partial charge in [-0.2, -0.15) is 5.26 Å². The molecule has 3 rings (SSSR count). The Kier molecular flexibility index (Phi) is 5.09. The van der Waals surface area contributed by atoms with Gasteiger partial charge in [0.25, 0.3) is 5.91 Å². The highest BCUT2D eigenvalue weighted by Crippen LogP contribution is 2.18. The van der Waals surface area contributed by atoms with Crippen molar-refractivity contribution < 1.29 is 14.3 Å². The van der Waals surface area contributed by atoms with E-state index in [2.05, 4.69) is 11.4 Å². The highest BCUT2D eigenvalue weighted by atomic mass is 16.5. The molecular weight excluding hydrogens is 304 g/mol. The van der Waals surface area contributed by atoms with E-state index in [-0.39, 0.29) is 12.0 Å². The number of carbonyl (C=O) groups is 1. The van der Waals surface area contributed by atoms with E-state index in [1.54, 1.807) is 48.5 Å². The summed E-state index contributed by atoms with van der Waals surface area (Å²) in [6.07, 6.45) is 2.27. The number of carbonyl (C=O) groups excluding carboxylic acids is 1. The Labute approximate surface area is 140 Å². The molecule has 24 heavy (non-hydrogen) atoms. The molecule has 2 aromatic carbocycles. The minimum atomic E-state index is -0.261. The standard InChI is InChI=1S/C19H18N2O3/c20-12-15-4-1-2-6-18(15)21-19(22)14-7-9-16(10-8-14)24-13-17-5-3-11-23-17/h1-2,4,6-10,17H,3,5,11,13H2,(H,21,22). The molecule has 0 bridgehead atoms. The molecular formula is C19H18N2O3. The van der Waals surface area contributed by atoms with Crippen molar-refractivity contribution in [3.8, 4) is 11.8 Å². The fourth-order valence-electron chi connectivity index (χ4n) is 2.55. The van der Waals surface area contributed by atoms with E-state index in [1.807, 2.05) is 0 Å². The van der Waals surface area contributed by atoms with Crippen molar-refractivity contribution in [2.75, 3.05) is 18.5 Å². The number of nitriles is 1. The van der Waals surface area contributed by atoms with Gasteiger partial charge in [-0.3, -0.25) is 4.79 Å². The molecule has 1 saturated heterocycles. The Morgan fingerprint density at radius 3 is 2.75 bits per heavy atom. The number of anilines is 1. The van der Waals surface area contributed by atoms with Gasteiger partial charge in [-0.1, -0.05) is 12.1 Å². The van der Waals surface area contributed by atoms with Crippen LogP contribution < -0.4 is 10.1 Å². The number of ether oxygens (including phenoxy) is 2. The molecule has 122 valence electrons. The minimum Gasteiger partial charge on any atom is -0.491 e. The molecule has 1 atom stereocenters. The summed E-state index contributed by atoms with van der Waals surface area (Å²) in [5, 5.41) is 11.8. The number of rotatable bonds is 5. The number of hydrogen-bond acceptors (Lipinski definition) is 4. The lowest BCUT2D eigenvalue weighted by molar-refractivity contribution is 0.0679. The molecule has 0 aliphatic carbocycles. The number of para-hydroxylation sites is 1. The lowest BCUT2D eigenvalue weighted by Gasteiger charge is -2.12. The average molecular weight is 322 g/mol. The number of hydrogen-bond donors (Lipinski definition) is 1. The van der Waals surface area contributed by atoms with Crippen molar-refractivity contribution >= 4 is 11.6 Å². The zero-order valence-corrected chi connectivity index (χ0v) is 13.2. The van der Waals surface area contributed by atoms with Crippen LogP contribution in [0, 0.1) is 11.3 Å². The molecule has 2 aromatic rings. The van der Waals surface area contributed by atoms with Crippen LogP contribution in [-0.2, 0) is 4.74 Å². The topological polar surface area (TPSA) is 71.4 Å². The molecule has 0 saturated carbocycles. The second-order valence-corrected chi connectivity index (χ2v) is 5.58. The van der Waals surface area contributed by atoms with Gasteiger partial charge >= 0.3 is 0 Å². The normalized spacial score (nSPS) is 16.4. The van der Waals surface area contributed by atoms with Gasteiger partial charge in [-0.05, 0) is 49.2 Å². The molecule has 1 amide bonds. The highest BCUT2D eigenvalue weighted by molar-refractivity contribution is 6.04. The lowest BCUT2D eigenvalue weighted by atomic mass is 10.1. The Hall–Kier alpha value is -2.84. The Balaban J connectivity index is 1.60. The van der Waals surface area contributed by atoms with Crippen LogP contribution in [0.1, 0.15) is 28.8 Å². The molecule has 1 fully saturated rings. The molecule has 1 aliphatic rings. The summed E-state index contributed by atoms with van der Waals surface area (Å²) in [7, 11) is 0. The van der Waals surface area contributed by atoms with Gasteiger partial charge in [0.2, 0.25) is 0 Å². The van der Waals surface area contributed by atoms with E-state index in [9.17, 15) is 4.79 Å². The van der Waals surface area contributed by atoms with Crippen LogP contribution in [0.25, 0.3) is 0 Å². The largest absolute Gasteiger partial charge is 0.491 e. The first-order valence-electron chi connectivity index (χ1n) is 7.91. The molecule has 1 aliphatic heterocycles. The maximum absolute atomic E-state index is 12.3. The third-order valence-corrected chi connectivity index (χ3v) is 3.87. The fourth-order valence-corrected chi connectivity index (χ4v) is 2.55. The SMILES string of the molecule is N#Cc1ccccc1NC(=O)c1ccc(OCC2CCCO2)cc1. The van der Waals surface area contributed by atoms with E-state index < -0.39 is 0 Å². The van der Waals surface area contributed by atoms with Crippen molar-refractivity contribution in [3.63, 3.8) is 0 Å². The summed E-state index contributed by atoms with van der Waals surface area (Å²) in [5.41, 5.74) is 1.44. The number of amides is 1. The van der Waals surface area contributed by atoms with Gasteiger partial charge in [0.15, 0.2) is 0 Å². The molecule has 0 spiro atoms. The van der Waals surface area contributed by atoms with Gasteiger partial charge in [0.05, 0.1) is 17.4 Å². The molecule has 0 radical (unpaired) electrons. The Bertz CT molecular complexity index is 744. The van der Waals surface area contributed by atoms with Crippen molar-refractivity contribution in [2.24, 2.45) is 0 Å². The van der Waals surface area contributed by atoms with Crippen molar-refractivity contribution in [1.82, 2.24) is 0 Å². The smallest absolute Gasteiger partial charge is 0.255 e. The minimum absolute atomic E-state index is 0.162. The first-order chi connectivity index (χ1) is 11.8. The van der Waals surface area contributed by atoms with E-state index in [4.69, 9.17) is 14.7 Å². The summed E-state index contributed by atoms with van der Waals surface area (Å²) in [5.74, 6) is 0.447. The van der Waals surface area contributed by atoms with Gasteiger partial charge in [0, 0.05) is 12.2 Å². The number of nitrogens with one attached hydrogen (secondary N) is 1. The maximum Gasteiger partial charge on any atom is 0.255 e. The fraction of sp³-hybridized carbons (Fsp3) is 0.263. The van der Waals surface area contributed by atoms with Crippen molar-refractivity contribution in [3.05, 3.63) is 59.7 Å². The van der Waals surface area contributed by atoms with E-state index in [0.29, 0.717) is 29.2 Å². The molecule has 0 aromatic heterocycles. The first kappa shape index (κ1) is 16.0. The van der Waals surface area contributed by atoms with Crippen molar-refractivity contribution in [2.45, 2.75) is 18.9 Å². The zero-order chi connectivity index (χ0) is 16.8. The molecule has 1 N–H and O–H groups in total. The highest BCUT2D eigenvalue weighted by Gasteiger charge is 2.16. The van der Waals surface area contributed by atoms with Crippen LogP contribution in [0.2, 0.25) is 0 Å². The van der Waals surface area contributed by atoms with E-state index >= 15 is 0 Å². The zero-order valence-electron chi connectivity index (χ0n) is 13.2. The number of nitrogens with zero attached hydrogens (tertiary/aromatic N) is 1. The van der Waals surface area contributed by atoms with Gasteiger partial charge in [-0.15, -0.1) is 0 Å². The summed E-state index contributed by atoms with van der Waals surface area (Å²) in [6, 6.07) is 15.9. The summed E-state index contributed by atoms with van der Waals surface area (Å²) < 4.78 is 11.2. The van der Waals surface area contributed by atoms with Crippen LogP contribution in [-0.4, -0.2) is 25.2 Å². The van der Waals surface area contributed by atoms with Gasteiger partial charge in [0.1, 0.15) is 18.4 Å². The third-order valence-electron chi connectivity index (χ3n) is 3.87. The third kappa shape index (κ3) is 3.92. The van der Waals surface area contributed by atoms with Crippen LogP contribution in [0.4, 0.5) is 5.69 Å². The molecule has 5 nitrogen and oxygen atoms in total. The van der Waals surface area contributed by atoms with Crippen LogP contribution >= 0.6 is 0 Å². The summed E-state index contributed by atoms with van der Waals surface area (Å²) >= 11 is 0. The predicted molar refractivity (Wildman–Crippen MR) is 90.0 cm³/mol. The predicted octanol–water partition coefficient (Wildman–Crippen LogP) is 3.37. The van der Waals surface area contributed by atoms with Gasteiger partial charge < -0.3 is 14.8 Å². The van der Waals surface area contributed by atoms with Gasteiger partial charge in [-0.25, -0.2) is 0 Å². The second kappa shape index (κ2) is 7.62. The Morgan fingerprint density at radius 1 is 1.25 bits per heavy atom. The first-order valence-corrected chi connectivity index (χ1v) is 7.91. The van der Waals surface area contributed by atoms with Crippen molar-refractivity contribution in [1.29, 1.82) is 5.26 Å². The summed E-state index contributed by atoms with van der Waals surface area (Å²) in [4.78, 5) is 12.3. The lowest BCUT2D eigenvalue weighted by Crippen LogP contribution is -2.16. The molecule has 1 unspecified atom stereocenters. The Morgan fingerprint density at radius 2 is 2.04 bits per heavy atom. The van der Waals surface area contributed by atoms with E-state index in [0.717, 1.165) is 19.4 Å².